The molecule has 2 heterocycles. The van der Waals surface area contributed by atoms with Crippen LogP contribution < -0.4 is 5.32 Å². The number of hydrogen-bond acceptors (Lipinski definition) is 3. The summed E-state index contributed by atoms with van der Waals surface area (Å²) in [5, 5.41) is 5.65. The summed E-state index contributed by atoms with van der Waals surface area (Å²) in [5.41, 5.74) is 0. The van der Waals surface area contributed by atoms with E-state index in [1.165, 1.54) is 11.3 Å². The van der Waals surface area contributed by atoms with Crippen LogP contribution in [0.2, 0.25) is 5.02 Å². The molecule has 0 saturated carbocycles. The van der Waals surface area contributed by atoms with Crippen molar-refractivity contribution in [3.63, 3.8) is 0 Å². The number of nitrogens with one attached hydrogen (secondary N) is 1. The van der Waals surface area contributed by atoms with E-state index < -0.39 is 0 Å². The van der Waals surface area contributed by atoms with Crippen LogP contribution in [0.25, 0.3) is 0 Å². The Morgan fingerprint density at radius 1 is 1.69 bits per heavy atom. The lowest BCUT2D eigenvalue weighted by atomic mass is 10.1. The molecule has 0 bridgehead atoms. The molecule has 5 heteroatoms. The second kappa shape index (κ2) is 5.17. The number of rotatable bonds is 2. The topological polar surface area (TPSA) is 32.3 Å². The molecule has 1 N–H and O–H groups in total. The SMILES string of the molecule is CNC1CCCN(C(=O)c2sccc2Cl)C1. The molecule has 0 spiro atoms. The highest BCUT2D eigenvalue weighted by Crippen LogP contribution is 2.24. The maximum Gasteiger partial charge on any atom is 0.265 e. The van der Waals surface area contributed by atoms with Crippen molar-refractivity contribution in [2.45, 2.75) is 18.9 Å². The minimum absolute atomic E-state index is 0.0694. The zero-order valence-corrected chi connectivity index (χ0v) is 10.8. The molecule has 2 rings (SSSR count). The Morgan fingerprint density at radius 3 is 3.12 bits per heavy atom. The lowest BCUT2D eigenvalue weighted by Gasteiger charge is -2.32. The molecule has 1 fully saturated rings. The van der Waals surface area contributed by atoms with Gasteiger partial charge in [-0.2, -0.15) is 0 Å². The van der Waals surface area contributed by atoms with Crippen LogP contribution in [0, 0.1) is 0 Å². The minimum Gasteiger partial charge on any atom is -0.336 e. The summed E-state index contributed by atoms with van der Waals surface area (Å²) in [5.74, 6) is 0.0694. The third kappa shape index (κ3) is 2.39. The molecule has 1 amide bonds. The van der Waals surface area contributed by atoms with Crippen molar-refractivity contribution in [2.24, 2.45) is 0 Å². The van der Waals surface area contributed by atoms with Crippen LogP contribution in [0.15, 0.2) is 11.4 Å². The Bertz CT molecular complexity index is 380. The van der Waals surface area contributed by atoms with Gasteiger partial charge in [-0.1, -0.05) is 11.6 Å². The third-order valence-electron chi connectivity index (χ3n) is 2.93. The second-order valence-electron chi connectivity index (χ2n) is 3.98. The maximum absolute atomic E-state index is 12.2. The highest BCUT2D eigenvalue weighted by Gasteiger charge is 2.25. The Morgan fingerprint density at radius 2 is 2.50 bits per heavy atom. The number of carbonyl (C=O) groups excluding carboxylic acids is 1. The second-order valence-corrected chi connectivity index (χ2v) is 5.30. The Kier molecular flexibility index (Phi) is 3.84. The normalized spacial score (nSPS) is 21.1. The molecule has 16 heavy (non-hydrogen) atoms. The summed E-state index contributed by atoms with van der Waals surface area (Å²) in [6, 6.07) is 2.19. The van der Waals surface area contributed by atoms with Gasteiger partial charge in [0.15, 0.2) is 0 Å². The van der Waals surface area contributed by atoms with Gasteiger partial charge in [0, 0.05) is 19.1 Å². The van der Waals surface area contributed by atoms with Crippen molar-refractivity contribution >= 4 is 28.8 Å². The summed E-state index contributed by atoms with van der Waals surface area (Å²) in [6.07, 6.45) is 2.19. The third-order valence-corrected chi connectivity index (χ3v) is 4.26. The monoisotopic (exact) mass is 258 g/mol. The molecule has 0 radical (unpaired) electrons. The first kappa shape index (κ1) is 11.9. The number of hydrogen-bond donors (Lipinski definition) is 1. The van der Waals surface area contributed by atoms with Gasteiger partial charge in [-0.05, 0) is 31.3 Å². The number of likely N-dealkylation sites (tertiary alicyclic amines) is 1. The fourth-order valence-corrected chi connectivity index (χ4v) is 3.09. The van der Waals surface area contributed by atoms with Crippen molar-refractivity contribution in [2.75, 3.05) is 20.1 Å². The van der Waals surface area contributed by atoms with Gasteiger partial charge in [0.25, 0.3) is 5.91 Å². The van der Waals surface area contributed by atoms with Crippen molar-refractivity contribution < 1.29 is 4.79 Å². The summed E-state index contributed by atoms with van der Waals surface area (Å²) in [6.45, 7) is 1.62. The molecule has 1 aromatic rings. The molecule has 0 aliphatic carbocycles. The predicted molar refractivity (Wildman–Crippen MR) is 67.3 cm³/mol. The van der Waals surface area contributed by atoms with Gasteiger partial charge < -0.3 is 10.2 Å². The van der Waals surface area contributed by atoms with Crippen LogP contribution >= 0.6 is 22.9 Å². The van der Waals surface area contributed by atoms with E-state index in [0.717, 1.165) is 25.9 Å². The van der Waals surface area contributed by atoms with Gasteiger partial charge in [0.05, 0.1) is 5.02 Å². The van der Waals surface area contributed by atoms with Crippen LogP contribution in [0.5, 0.6) is 0 Å². The maximum atomic E-state index is 12.2. The van der Waals surface area contributed by atoms with E-state index in [1.54, 1.807) is 6.07 Å². The fourth-order valence-electron chi connectivity index (χ4n) is 1.99. The van der Waals surface area contributed by atoms with E-state index in [2.05, 4.69) is 5.32 Å². The lowest BCUT2D eigenvalue weighted by Crippen LogP contribution is -2.46. The molecule has 3 nitrogen and oxygen atoms in total. The number of carbonyl (C=O) groups is 1. The fraction of sp³-hybridized carbons (Fsp3) is 0.545. The van der Waals surface area contributed by atoms with E-state index in [9.17, 15) is 4.79 Å². The van der Waals surface area contributed by atoms with Crippen LogP contribution in [0.3, 0.4) is 0 Å². The number of thiophene rings is 1. The summed E-state index contributed by atoms with van der Waals surface area (Å²) in [7, 11) is 1.94. The lowest BCUT2D eigenvalue weighted by molar-refractivity contribution is 0.0703. The van der Waals surface area contributed by atoms with Crippen molar-refractivity contribution in [1.82, 2.24) is 10.2 Å². The highest BCUT2D eigenvalue weighted by atomic mass is 35.5. The molecule has 88 valence electrons. The van der Waals surface area contributed by atoms with E-state index in [-0.39, 0.29) is 5.91 Å². The van der Waals surface area contributed by atoms with E-state index in [4.69, 9.17) is 11.6 Å². The number of amides is 1. The van der Waals surface area contributed by atoms with Crippen LogP contribution in [-0.4, -0.2) is 37.0 Å². The highest BCUT2D eigenvalue weighted by molar-refractivity contribution is 7.12. The van der Waals surface area contributed by atoms with Crippen LogP contribution in [0.4, 0.5) is 0 Å². The Balaban J connectivity index is 2.07. The van der Waals surface area contributed by atoms with E-state index in [0.29, 0.717) is 15.9 Å². The Hall–Kier alpha value is -0.580. The molecule has 1 aliphatic heterocycles. The number of nitrogens with zero attached hydrogens (tertiary/aromatic N) is 1. The van der Waals surface area contributed by atoms with Gasteiger partial charge in [-0.15, -0.1) is 11.3 Å². The Labute approximate surface area is 104 Å². The molecule has 0 aromatic carbocycles. The average molecular weight is 259 g/mol. The van der Waals surface area contributed by atoms with Gasteiger partial charge in [-0.25, -0.2) is 0 Å². The molecule has 1 saturated heterocycles. The van der Waals surface area contributed by atoms with Crippen LogP contribution in [0.1, 0.15) is 22.5 Å². The first-order chi connectivity index (χ1) is 7.72. The molecular weight excluding hydrogens is 244 g/mol. The minimum atomic E-state index is 0.0694. The largest absolute Gasteiger partial charge is 0.336 e. The molecule has 1 atom stereocenters. The van der Waals surface area contributed by atoms with Gasteiger partial charge >= 0.3 is 0 Å². The number of likely N-dealkylation sites (N-methyl/N-ethyl adjacent to an activating group) is 1. The van der Waals surface area contributed by atoms with Gasteiger partial charge in [0.2, 0.25) is 0 Å². The van der Waals surface area contributed by atoms with E-state index >= 15 is 0 Å². The molecule has 1 unspecified atom stereocenters. The average Bonchev–Trinajstić information content (AvgIpc) is 2.74. The summed E-state index contributed by atoms with van der Waals surface area (Å²) < 4.78 is 0. The smallest absolute Gasteiger partial charge is 0.265 e. The molecular formula is C11H15ClN2OS. The molecule has 1 aromatic heterocycles. The van der Waals surface area contributed by atoms with Gasteiger partial charge in [-0.3, -0.25) is 4.79 Å². The number of halogens is 1. The zero-order chi connectivity index (χ0) is 11.5. The first-order valence-electron chi connectivity index (χ1n) is 5.42. The number of piperidine rings is 1. The van der Waals surface area contributed by atoms with Gasteiger partial charge in [0.1, 0.15) is 4.88 Å². The van der Waals surface area contributed by atoms with Crippen molar-refractivity contribution in [1.29, 1.82) is 0 Å². The van der Waals surface area contributed by atoms with Crippen molar-refractivity contribution in [3.8, 4) is 0 Å². The summed E-state index contributed by atoms with van der Waals surface area (Å²) in [4.78, 5) is 14.7. The predicted octanol–water partition coefficient (Wildman–Crippen LogP) is 2.23. The standard InChI is InChI=1S/C11H15ClN2OS/c1-13-8-3-2-5-14(7-8)11(15)10-9(12)4-6-16-10/h4,6,8,13H,2-3,5,7H2,1H3. The van der Waals surface area contributed by atoms with Crippen LogP contribution in [-0.2, 0) is 0 Å². The first-order valence-corrected chi connectivity index (χ1v) is 6.67. The van der Waals surface area contributed by atoms with E-state index in [1.807, 2.05) is 17.3 Å². The van der Waals surface area contributed by atoms with Crippen molar-refractivity contribution in [3.05, 3.63) is 21.3 Å². The summed E-state index contributed by atoms with van der Waals surface area (Å²) >= 11 is 7.39. The zero-order valence-electron chi connectivity index (χ0n) is 9.20. The molecule has 1 aliphatic rings. The quantitative estimate of drug-likeness (QED) is 0.882.